The van der Waals surface area contributed by atoms with Crippen LogP contribution in [0.25, 0.3) is 10.9 Å². The minimum absolute atomic E-state index is 0.0667. The van der Waals surface area contributed by atoms with Crippen LogP contribution in [0.2, 0.25) is 0 Å². The Bertz CT molecular complexity index is 930. The highest BCUT2D eigenvalue weighted by Crippen LogP contribution is 2.13. The van der Waals surface area contributed by atoms with Crippen molar-refractivity contribution in [1.29, 1.82) is 0 Å². The third-order valence-electron chi connectivity index (χ3n) is 3.57. The fourth-order valence-electron chi connectivity index (χ4n) is 2.45. The Balaban J connectivity index is 1.86. The van der Waals surface area contributed by atoms with Crippen LogP contribution in [-0.4, -0.2) is 10.5 Å². The molecule has 0 atom stereocenters. The lowest BCUT2D eigenvalue weighted by Gasteiger charge is -2.11. The van der Waals surface area contributed by atoms with Gasteiger partial charge in [0.1, 0.15) is 12.4 Å². The van der Waals surface area contributed by atoms with Crippen molar-refractivity contribution in [2.24, 2.45) is 0 Å². The van der Waals surface area contributed by atoms with E-state index in [2.05, 4.69) is 5.32 Å². The number of halogens is 1. The second-order valence-electron chi connectivity index (χ2n) is 5.38. The van der Waals surface area contributed by atoms with Crippen LogP contribution in [0, 0.1) is 12.7 Å². The Hall–Kier alpha value is -2.95. The third-order valence-corrected chi connectivity index (χ3v) is 3.57. The largest absolute Gasteiger partial charge is 0.338 e. The normalized spacial score (nSPS) is 10.7. The number of aromatic nitrogens is 1. The van der Waals surface area contributed by atoms with E-state index in [0.29, 0.717) is 16.6 Å². The summed E-state index contributed by atoms with van der Waals surface area (Å²) < 4.78 is 14.6. The molecule has 4 nitrogen and oxygen atoms in total. The van der Waals surface area contributed by atoms with Gasteiger partial charge in [-0.05, 0) is 43.3 Å². The quantitative estimate of drug-likeness (QED) is 0.808. The summed E-state index contributed by atoms with van der Waals surface area (Å²) in [5, 5.41) is 3.29. The van der Waals surface area contributed by atoms with Gasteiger partial charge in [-0.25, -0.2) is 4.39 Å². The summed E-state index contributed by atoms with van der Waals surface area (Å²) in [6.07, 6.45) is 1.60. The lowest BCUT2D eigenvalue weighted by Crippen LogP contribution is -2.20. The number of amides is 1. The third kappa shape index (κ3) is 3.29. The van der Waals surface area contributed by atoms with Gasteiger partial charge < -0.3 is 9.88 Å². The number of carbonyl (C=O) groups is 1. The van der Waals surface area contributed by atoms with Crippen molar-refractivity contribution in [3.63, 3.8) is 0 Å². The van der Waals surface area contributed by atoms with E-state index in [1.54, 1.807) is 10.8 Å². The van der Waals surface area contributed by atoms with E-state index in [9.17, 15) is 14.0 Å². The Morgan fingerprint density at radius 2 is 1.87 bits per heavy atom. The zero-order chi connectivity index (χ0) is 16.4. The number of pyridine rings is 1. The lowest BCUT2D eigenvalue weighted by atomic mass is 10.1. The summed E-state index contributed by atoms with van der Waals surface area (Å²) in [5.74, 6) is -0.605. The zero-order valence-electron chi connectivity index (χ0n) is 12.5. The first-order chi connectivity index (χ1) is 11.0. The molecule has 116 valence electrons. The predicted octanol–water partition coefficient (Wildman–Crippen LogP) is 3.09. The monoisotopic (exact) mass is 310 g/mol. The molecule has 0 aliphatic rings. The van der Waals surface area contributed by atoms with E-state index < -0.39 is 0 Å². The van der Waals surface area contributed by atoms with Gasteiger partial charge >= 0.3 is 0 Å². The number of anilines is 1. The Labute approximate surface area is 132 Å². The predicted molar refractivity (Wildman–Crippen MR) is 88.0 cm³/mol. The molecule has 1 amide bonds. The molecule has 5 heteroatoms. The van der Waals surface area contributed by atoms with E-state index in [1.165, 1.54) is 30.3 Å². The van der Waals surface area contributed by atoms with Crippen LogP contribution in [-0.2, 0) is 11.3 Å². The second kappa shape index (κ2) is 6.04. The minimum Gasteiger partial charge on any atom is -0.338 e. The first-order valence-corrected chi connectivity index (χ1v) is 7.18. The van der Waals surface area contributed by atoms with Gasteiger partial charge in [0.05, 0.1) is 5.52 Å². The molecule has 1 N–H and O–H groups in total. The summed E-state index contributed by atoms with van der Waals surface area (Å²) in [7, 11) is 0. The zero-order valence-corrected chi connectivity index (χ0v) is 12.5. The molecule has 0 spiro atoms. The van der Waals surface area contributed by atoms with Gasteiger partial charge in [0.2, 0.25) is 5.91 Å². The molecule has 0 aliphatic heterocycles. The van der Waals surface area contributed by atoms with Crippen molar-refractivity contribution < 1.29 is 9.18 Å². The van der Waals surface area contributed by atoms with Crippen LogP contribution in [0.5, 0.6) is 0 Å². The molecule has 1 heterocycles. The van der Waals surface area contributed by atoms with Crippen LogP contribution in [0.15, 0.2) is 59.5 Å². The molecule has 2 aromatic carbocycles. The maximum atomic E-state index is 12.9. The van der Waals surface area contributed by atoms with E-state index in [1.807, 2.05) is 25.1 Å². The highest BCUT2D eigenvalue weighted by Gasteiger charge is 2.08. The van der Waals surface area contributed by atoms with Crippen molar-refractivity contribution in [3.05, 3.63) is 76.3 Å². The number of fused-ring (bicyclic) bond motifs is 1. The standard InChI is InChI=1S/C18H15FN2O2/c1-12-2-7-16-15(10-12)17(22)8-9-21(16)11-18(23)20-14-5-3-13(19)4-6-14/h2-10H,11H2,1H3,(H,20,23). The summed E-state index contributed by atoms with van der Waals surface area (Å²) in [4.78, 5) is 24.1. The van der Waals surface area contributed by atoms with Crippen LogP contribution >= 0.6 is 0 Å². The maximum absolute atomic E-state index is 12.9. The SMILES string of the molecule is Cc1ccc2c(c1)c(=O)ccn2CC(=O)Nc1ccc(F)cc1. The van der Waals surface area contributed by atoms with Crippen molar-refractivity contribution in [2.75, 3.05) is 5.32 Å². The smallest absolute Gasteiger partial charge is 0.244 e. The van der Waals surface area contributed by atoms with Crippen LogP contribution in [0.3, 0.4) is 0 Å². The first-order valence-electron chi connectivity index (χ1n) is 7.18. The summed E-state index contributed by atoms with van der Waals surface area (Å²) in [6.45, 7) is 1.98. The molecule has 3 aromatic rings. The first kappa shape index (κ1) is 15.0. The molecule has 0 aliphatic carbocycles. The number of hydrogen-bond donors (Lipinski definition) is 1. The van der Waals surface area contributed by atoms with Crippen molar-refractivity contribution in [2.45, 2.75) is 13.5 Å². The van der Waals surface area contributed by atoms with Crippen molar-refractivity contribution in [3.8, 4) is 0 Å². The molecule has 1 aromatic heterocycles. The number of hydrogen-bond acceptors (Lipinski definition) is 2. The highest BCUT2D eigenvalue weighted by atomic mass is 19.1. The number of nitrogens with zero attached hydrogens (tertiary/aromatic N) is 1. The number of carbonyl (C=O) groups excluding carboxylic acids is 1. The van der Waals surface area contributed by atoms with Crippen LogP contribution in [0.4, 0.5) is 10.1 Å². The number of aryl methyl sites for hydroxylation is 1. The molecule has 0 fully saturated rings. The Morgan fingerprint density at radius 3 is 2.61 bits per heavy atom. The molecule has 0 saturated heterocycles. The number of benzene rings is 2. The maximum Gasteiger partial charge on any atom is 0.244 e. The van der Waals surface area contributed by atoms with Gasteiger partial charge in [-0.1, -0.05) is 11.6 Å². The summed E-state index contributed by atoms with van der Waals surface area (Å²) in [6, 6.07) is 12.6. The van der Waals surface area contributed by atoms with Gasteiger partial charge in [-0.3, -0.25) is 9.59 Å². The highest BCUT2D eigenvalue weighted by molar-refractivity contribution is 5.91. The van der Waals surface area contributed by atoms with Gasteiger partial charge in [0, 0.05) is 23.3 Å². The van der Waals surface area contributed by atoms with E-state index in [0.717, 1.165) is 5.56 Å². The van der Waals surface area contributed by atoms with Crippen LogP contribution in [0.1, 0.15) is 5.56 Å². The number of rotatable bonds is 3. The molecule has 23 heavy (non-hydrogen) atoms. The van der Waals surface area contributed by atoms with E-state index >= 15 is 0 Å². The van der Waals surface area contributed by atoms with Gasteiger partial charge in [0.15, 0.2) is 5.43 Å². The Morgan fingerprint density at radius 1 is 1.13 bits per heavy atom. The van der Waals surface area contributed by atoms with Crippen molar-refractivity contribution in [1.82, 2.24) is 4.57 Å². The van der Waals surface area contributed by atoms with Gasteiger partial charge in [-0.15, -0.1) is 0 Å². The van der Waals surface area contributed by atoms with Gasteiger partial charge in [0.25, 0.3) is 0 Å². The van der Waals surface area contributed by atoms with Crippen molar-refractivity contribution >= 4 is 22.5 Å². The second-order valence-corrected chi connectivity index (χ2v) is 5.38. The van der Waals surface area contributed by atoms with E-state index in [4.69, 9.17) is 0 Å². The molecule has 3 rings (SSSR count). The number of nitrogens with one attached hydrogen (secondary N) is 1. The molecular weight excluding hydrogens is 295 g/mol. The fraction of sp³-hybridized carbons (Fsp3) is 0.111. The van der Waals surface area contributed by atoms with Crippen LogP contribution < -0.4 is 10.7 Å². The summed E-state index contributed by atoms with van der Waals surface area (Å²) in [5.41, 5.74) is 2.15. The average molecular weight is 310 g/mol. The minimum atomic E-state index is -0.357. The molecule has 0 saturated carbocycles. The Kier molecular flexibility index (Phi) is 3.93. The molecular formula is C18H15FN2O2. The topological polar surface area (TPSA) is 51.1 Å². The summed E-state index contributed by atoms with van der Waals surface area (Å²) >= 11 is 0. The lowest BCUT2D eigenvalue weighted by molar-refractivity contribution is -0.116. The van der Waals surface area contributed by atoms with E-state index in [-0.39, 0.29) is 23.7 Å². The molecule has 0 unspecified atom stereocenters. The molecule has 0 bridgehead atoms. The average Bonchev–Trinajstić information content (AvgIpc) is 2.52. The van der Waals surface area contributed by atoms with Gasteiger partial charge in [-0.2, -0.15) is 0 Å². The fourth-order valence-corrected chi connectivity index (χ4v) is 2.45. The molecule has 0 radical (unpaired) electrons.